The predicted octanol–water partition coefficient (Wildman–Crippen LogP) is -2.22. The van der Waals surface area contributed by atoms with Gasteiger partial charge in [0.25, 0.3) is 0 Å². The average Bonchev–Trinajstić information content (AvgIpc) is 2.12. The molecule has 0 spiro atoms. The Bertz CT molecular complexity index is 180. The summed E-state index contributed by atoms with van der Waals surface area (Å²) in [5.74, 6) is -1.14. The Morgan fingerprint density at radius 2 is 2.44 bits per heavy atom. The maximum atomic E-state index is 9.95. The summed E-state index contributed by atoms with van der Waals surface area (Å²) in [5.41, 5.74) is 0. The van der Waals surface area contributed by atoms with Crippen LogP contribution in [0.15, 0.2) is 16.5 Å². The van der Waals surface area contributed by atoms with Crippen LogP contribution in [0.5, 0.6) is 0 Å². The second kappa shape index (κ2) is 3.39. The van der Waals surface area contributed by atoms with Crippen molar-refractivity contribution in [2.24, 2.45) is 0 Å². The molecule has 4 heteroatoms. The molecule has 0 aliphatic carbocycles. The van der Waals surface area contributed by atoms with E-state index in [9.17, 15) is 4.79 Å². The number of aromatic carboxylic acids is 1. The molecule has 0 fully saturated rings. The van der Waals surface area contributed by atoms with Gasteiger partial charge in [-0.05, 0) is 6.26 Å². The van der Waals surface area contributed by atoms with E-state index in [-0.39, 0.29) is 24.6 Å². The Balaban J connectivity index is 0.000000640. The Morgan fingerprint density at radius 1 is 1.78 bits per heavy atom. The van der Waals surface area contributed by atoms with Crippen LogP contribution in [-0.4, -0.2) is 11.1 Å². The molecule has 0 unspecified atom stereocenters. The Kier molecular flexibility index (Phi) is 3.14. The molecule has 0 aromatic carbocycles. The minimum absolute atomic E-state index is 0. The molecule has 1 N–H and O–H groups in total. The van der Waals surface area contributed by atoms with Gasteiger partial charge in [0.05, 0.1) is 5.76 Å². The Hall–Kier alpha value is -0.653. The molecule has 0 bridgehead atoms. The second-order valence-electron chi connectivity index (χ2n) is 1.22. The van der Waals surface area contributed by atoms with Gasteiger partial charge in [-0.2, -0.15) is 6.07 Å². The van der Waals surface area contributed by atoms with Crippen molar-refractivity contribution in [1.29, 1.82) is 0 Å². The van der Waals surface area contributed by atoms with Crippen molar-refractivity contribution < 1.29 is 33.2 Å². The van der Waals surface area contributed by atoms with Crippen LogP contribution in [0, 0.1) is 6.26 Å². The minimum atomic E-state index is -1.06. The normalized spacial score (nSPS) is 8.00. The molecular formula is C5H3LiO3. The van der Waals surface area contributed by atoms with Gasteiger partial charge in [-0.1, -0.05) is 0 Å². The van der Waals surface area contributed by atoms with E-state index in [1.165, 1.54) is 12.1 Å². The van der Waals surface area contributed by atoms with Gasteiger partial charge in [0, 0.05) is 0 Å². The van der Waals surface area contributed by atoms with E-state index in [1.54, 1.807) is 0 Å². The first-order chi connectivity index (χ1) is 3.80. The van der Waals surface area contributed by atoms with Gasteiger partial charge in [-0.15, -0.1) is 6.07 Å². The summed E-state index contributed by atoms with van der Waals surface area (Å²) in [6.45, 7) is 0. The third kappa shape index (κ3) is 1.96. The standard InChI is InChI=1S/C5H3O3.Li/c6-5(7)4-2-1-3-8-4;/h1-2H,(H,6,7);/q-1;+1. The van der Waals surface area contributed by atoms with E-state index in [0.29, 0.717) is 0 Å². The molecule has 1 aromatic heterocycles. The van der Waals surface area contributed by atoms with Crippen molar-refractivity contribution in [3.05, 3.63) is 24.2 Å². The fourth-order valence-electron chi connectivity index (χ4n) is 0.356. The smallest absolute Gasteiger partial charge is 0.585 e. The predicted molar refractivity (Wildman–Crippen MR) is 24.5 cm³/mol. The molecule has 0 amide bonds. The maximum Gasteiger partial charge on any atom is 1.00 e. The van der Waals surface area contributed by atoms with E-state index >= 15 is 0 Å². The third-order valence-electron chi connectivity index (χ3n) is 0.682. The summed E-state index contributed by atoms with van der Waals surface area (Å²) in [6, 6.07) is 2.74. The van der Waals surface area contributed by atoms with E-state index in [2.05, 4.69) is 10.7 Å². The zero-order valence-corrected chi connectivity index (χ0v) is 4.92. The van der Waals surface area contributed by atoms with Gasteiger partial charge in [0.2, 0.25) is 0 Å². The van der Waals surface area contributed by atoms with E-state index in [4.69, 9.17) is 5.11 Å². The SMILES string of the molecule is O=C(O)c1cc[c-]o1.[Li+]. The molecule has 42 valence electrons. The van der Waals surface area contributed by atoms with Gasteiger partial charge >= 0.3 is 24.8 Å². The molecular weight excluding hydrogens is 115 g/mol. The fraction of sp³-hybridized carbons (Fsp3) is 0. The van der Waals surface area contributed by atoms with Gasteiger partial charge in [-0.3, -0.25) is 4.79 Å². The van der Waals surface area contributed by atoms with E-state index in [1.807, 2.05) is 0 Å². The minimum Gasteiger partial charge on any atom is -0.585 e. The molecule has 9 heavy (non-hydrogen) atoms. The summed E-state index contributed by atoms with van der Waals surface area (Å²) in [4.78, 5) is 9.95. The summed E-state index contributed by atoms with van der Waals surface area (Å²) < 4.78 is 4.37. The fourth-order valence-corrected chi connectivity index (χ4v) is 0.356. The molecule has 1 heterocycles. The van der Waals surface area contributed by atoms with Crippen molar-refractivity contribution in [1.82, 2.24) is 0 Å². The van der Waals surface area contributed by atoms with Crippen molar-refractivity contribution >= 4 is 5.97 Å². The molecule has 0 radical (unpaired) electrons. The van der Waals surface area contributed by atoms with Gasteiger partial charge in [0.15, 0.2) is 0 Å². The maximum absolute atomic E-state index is 9.95. The second-order valence-corrected chi connectivity index (χ2v) is 1.22. The molecule has 0 aliphatic heterocycles. The Morgan fingerprint density at radius 3 is 2.67 bits per heavy atom. The average molecular weight is 118 g/mol. The van der Waals surface area contributed by atoms with Crippen molar-refractivity contribution in [3.8, 4) is 0 Å². The number of rotatable bonds is 1. The summed E-state index contributed by atoms with van der Waals surface area (Å²) >= 11 is 0. The molecule has 1 rings (SSSR count). The van der Waals surface area contributed by atoms with E-state index in [0.717, 1.165) is 0 Å². The molecule has 0 saturated carbocycles. The van der Waals surface area contributed by atoms with Crippen LogP contribution >= 0.6 is 0 Å². The van der Waals surface area contributed by atoms with Crippen LogP contribution in [0.1, 0.15) is 10.6 Å². The molecule has 0 saturated heterocycles. The first-order valence-electron chi connectivity index (χ1n) is 2.00. The molecule has 1 aromatic rings. The third-order valence-corrected chi connectivity index (χ3v) is 0.682. The summed E-state index contributed by atoms with van der Waals surface area (Å²) in [5, 5.41) is 8.16. The molecule has 0 aliphatic rings. The van der Waals surface area contributed by atoms with Crippen LogP contribution in [0.2, 0.25) is 0 Å². The zero-order valence-electron chi connectivity index (χ0n) is 4.92. The van der Waals surface area contributed by atoms with Gasteiger partial charge < -0.3 is 9.52 Å². The first kappa shape index (κ1) is 8.35. The number of carboxylic acid groups (broad SMARTS) is 1. The zero-order chi connectivity index (χ0) is 5.98. The summed E-state index contributed by atoms with van der Waals surface area (Å²) in [6.07, 6.45) is 2.26. The van der Waals surface area contributed by atoms with E-state index < -0.39 is 5.97 Å². The van der Waals surface area contributed by atoms with Crippen LogP contribution in [-0.2, 0) is 0 Å². The number of carbonyl (C=O) groups is 1. The summed E-state index contributed by atoms with van der Waals surface area (Å²) in [7, 11) is 0. The molecule has 3 nitrogen and oxygen atoms in total. The Labute approximate surface area is 63.8 Å². The van der Waals surface area contributed by atoms with Crippen LogP contribution in [0.4, 0.5) is 0 Å². The van der Waals surface area contributed by atoms with Crippen molar-refractivity contribution in [2.45, 2.75) is 0 Å². The quantitative estimate of drug-likeness (QED) is 0.335. The van der Waals surface area contributed by atoms with Crippen LogP contribution in [0.3, 0.4) is 0 Å². The largest absolute Gasteiger partial charge is 1.00 e. The first-order valence-corrected chi connectivity index (χ1v) is 2.00. The van der Waals surface area contributed by atoms with Crippen molar-refractivity contribution in [2.75, 3.05) is 0 Å². The number of furan rings is 1. The van der Waals surface area contributed by atoms with Gasteiger partial charge in [0.1, 0.15) is 0 Å². The van der Waals surface area contributed by atoms with Crippen LogP contribution < -0.4 is 18.9 Å². The monoisotopic (exact) mass is 118 g/mol. The number of carboxylic acids is 1. The molecule has 0 atom stereocenters. The van der Waals surface area contributed by atoms with Gasteiger partial charge in [-0.25, -0.2) is 0 Å². The number of hydrogen-bond donors (Lipinski definition) is 1. The topological polar surface area (TPSA) is 50.4 Å². The van der Waals surface area contributed by atoms with Crippen LogP contribution in [0.25, 0.3) is 0 Å². The van der Waals surface area contributed by atoms with Crippen molar-refractivity contribution in [3.63, 3.8) is 0 Å². The number of hydrogen-bond acceptors (Lipinski definition) is 2.